The van der Waals surface area contributed by atoms with Crippen molar-refractivity contribution in [2.24, 2.45) is 10.9 Å². The van der Waals surface area contributed by atoms with Crippen LogP contribution in [0.3, 0.4) is 0 Å². The molecule has 1 fully saturated rings. The minimum atomic E-state index is -1.04. The number of anilines is 1. The van der Waals surface area contributed by atoms with Gasteiger partial charge in [0.2, 0.25) is 5.91 Å². The number of nitrogens with zero attached hydrogens (tertiary/aromatic N) is 2. The lowest BCUT2D eigenvalue weighted by molar-refractivity contribution is -0.856. The Bertz CT molecular complexity index is 645. The monoisotopic (exact) mass is 337 g/mol. The molecule has 1 saturated heterocycles. The highest BCUT2D eigenvalue weighted by Gasteiger charge is 2.38. The van der Waals surface area contributed by atoms with Gasteiger partial charge in [0.1, 0.15) is 5.82 Å². The van der Waals surface area contributed by atoms with Crippen LogP contribution in [0.15, 0.2) is 29.3 Å². The van der Waals surface area contributed by atoms with Crippen molar-refractivity contribution >= 4 is 41.0 Å². The highest BCUT2D eigenvalue weighted by atomic mass is 32.1. The number of halogens is 1. The van der Waals surface area contributed by atoms with Gasteiger partial charge in [-0.1, -0.05) is 0 Å². The lowest BCUT2D eigenvalue weighted by Gasteiger charge is -2.30. The van der Waals surface area contributed by atoms with E-state index in [4.69, 9.17) is 12.2 Å². The minimum absolute atomic E-state index is 0.0194. The van der Waals surface area contributed by atoms with Crippen molar-refractivity contribution in [2.45, 2.75) is 0 Å². The van der Waals surface area contributed by atoms with E-state index in [1.165, 1.54) is 40.3 Å². The predicted octanol–water partition coefficient (Wildman–Crippen LogP) is -0.595. The summed E-state index contributed by atoms with van der Waals surface area (Å²) in [7, 11) is 3.98. The van der Waals surface area contributed by atoms with Crippen molar-refractivity contribution < 1.29 is 18.9 Å². The first-order chi connectivity index (χ1) is 10.9. The molecule has 1 aromatic rings. The molecule has 0 spiro atoms. The smallest absolute Gasteiger partial charge is 0.251 e. The SMILES string of the molecule is C[NH+](C)CCN=CC1C(=O)NC(=S)N(c2ccc(F)cc2)C1=O. The number of carbonyl (C=O) groups is 2. The Hall–Kier alpha value is -2.19. The molecule has 23 heavy (non-hydrogen) atoms. The van der Waals surface area contributed by atoms with E-state index in [-0.39, 0.29) is 5.11 Å². The summed E-state index contributed by atoms with van der Waals surface area (Å²) in [6, 6.07) is 5.32. The molecule has 0 saturated carbocycles. The largest absolute Gasteiger partial charge is 0.338 e. The first kappa shape index (κ1) is 17.2. The molecular weight excluding hydrogens is 319 g/mol. The van der Waals surface area contributed by atoms with Crippen LogP contribution in [0.1, 0.15) is 0 Å². The molecule has 122 valence electrons. The van der Waals surface area contributed by atoms with Crippen molar-refractivity contribution in [3.8, 4) is 0 Å². The molecule has 1 atom stereocenters. The van der Waals surface area contributed by atoms with Gasteiger partial charge in [-0.15, -0.1) is 0 Å². The summed E-state index contributed by atoms with van der Waals surface area (Å²) in [6.07, 6.45) is 1.35. The Morgan fingerprint density at radius 2 is 2.00 bits per heavy atom. The van der Waals surface area contributed by atoms with Crippen LogP contribution in [0.4, 0.5) is 10.1 Å². The molecule has 1 unspecified atom stereocenters. The number of amides is 2. The average Bonchev–Trinajstić information content (AvgIpc) is 2.47. The van der Waals surface area contributed by atoms with E-state index in [2.05, 4.69) is 10.3 Å². The van der Waals surface area contributed by atoms with Crippen molar-refractivity contribution in [2.75, 3.05) is 32.1 Å². The number of likely N-dealkylation sites (N-methyl/N-ethyl adjacent to an activating group) is 1. The number of thiocarbonyl (C=S) groups is 1. The maximum absolute atomic E-state index is 13.0. The van der Waals surface area contributed by atoms with Crippen LogP contribution in [-0.2, 0) is 9.59 Å². The van der Waals surface area contributed by atoms with Crippen LogP contribution in [-0.4, -0.2) is 50.3 Å². The summed E-state index contributed by atoms with van der Waals surface area (Å²) in [5.74, 6) is -2.45. The van der Waals surface area contributed by atoms with Crippen LogP contribution >= 0.6 is 12.2 Å². The first-order valence-corrected chi connectivity index (χ1v) is 7.54. The number of rotatable bonds is 5. The van der Waals surface area contributed by atoms with Crippen LogP contribution in [0.2, 0.25) is 0 Å². The molecule has 6 nitrogen and oxygen atoms in total. The van der Waals surface area contributed by atoms with E-state index in [0.717, 1.165) is 6.54 Å². The molecule has 8 heteroatoms. The number of carbonyl (C=O) groups excluding carboxylic acids is 2. The minimum Gasteiger partial charge on any atom is -0.338 e. The summed E-state index contributed by atoms with van der Waals surface area (Å²) in [6.45, 7) is 1.31. The molecular formula is C15H18FN4O2S+. The number of hydrogen-bond acceptors (Lipinski definition) is 4. The van der Waals surface area contributed by atoms with Gasteiger partial charge in [-0.25, -0.2) is 4.39 Å². The fourth-order valence-electron chi connectivity index (χ4n) is 2.02. The van der Waals surface area contributed by atoms with Gasteiger partial charge in [0.25, 0.3) is 5.91 Å². The molecule has 1 aromatic carbocycles. The molecule has 1 heterocycles. The number of benzene rings is 1. The standard InChI is InChI=1S/C15H17FN4O2S/c1-19(2)8-7-17-9-12-13(21)18-15(23)20(14(12)22)11-5-3-10(16)4-6-11/h3-6,9,12H,7-8H2,1-2H3,(H,18,21,23)/p+1. The molecule has 0 radical (unpaired) electrons. The zero-order valence-electron chi connectivity index (χ0n) is 12.9. The molecule has 1 aliphatic heterocycles. The van der Waals surface area contributed by atoms with Crippen LogP contribution < -0.4 is 15.1 Å². The van der Waals surface area contributed by atoms with Gasteiger partial charge in [-0.3, -0.25) is 19.5 Å². The number of nitrogens with one attached hydrogen (secondary N) is 2. The van der Waals surface area contributed by atoms with Crippen molar-refractivity contribution in [3.63, 3.8) is 0 Å². The highest BCUT2D eigenvalue weighted by molar-refractivity contribution is 7.80. The lowest BCUT2D eigenvalue weighted by atomic mass is 10.1. The maximum atomic E-state index is 13.0. The summed E-state index contributed by atoms with van der Waals surface area (Å²) in [5.41, 5.74) is 0.400. The fourth-order valence-corrected chi connectivity index (χ4v) is 2.32. The van der Waals surface area contributed by atoms with Crippen molar-refractivity contribution in [1.82, 2.24) is 5.32 Å². The Morgan fingerprint density at radius 1 is 1.35 bits per heavy atom. The quantitative estimate of drug-likeness (QED) is 0.429. The molecule has 0 bridgehead atoms. The van der Waals surface area contributed by atoms with E-state index in [1.54, 1.807) is 0 Å². The third-order valence-electron chi connectivity index (χ3n) is 3.28. The second kappa shape index (κ2) is 7.38. The van der Waals surface area contributed by atoms with Gasteiger partial charge in [0.05, 0.1) is 32.9 Å². The normalized spacial score (nSPS) is 18.9. The van der Waals surface area contributed by atoms with E-state index in [0.29, 0.717) is 12.2 Å². The first-order valence-electron chi connectivity index (χ1n) is 7.13. The Labute approximate surface area is 139 Å². The van der Waals surface area contributed by atoms with Gasteiger partial charge in [-0.2, -0.15) is 0 Å². The van der Waals surface area contributed by atoms with Crippen LogP contribution in [0.5, 0.6) is 0 Å². The number of aliphatic imine (C=N–C) groups is 1. The zero-order chi connectivity index (χ0) is 17.0. The van der Waals surface area contributed by atoms with Gasteiger partial charge >= 0.3 is 0 Å². The Kier molecular flexibility index (Phi) is 5.51. The van der Waals surface area contributed by atoms with E-state index < -0.39 is 23.5 Å². The average molecular weight is 337 g/mol. The van der Waals surface area contributed by atoms with E-state index in [1.807, 2.05) is 14.1 Å². The van der Waals surface area contributed by atoms with E-state index >= 15 is 0 Å². The fraction of sp³-hybridized carbons (Fsp3) is 0.333. The number of hydrogen-bond donors (Lipinski definition) is 2. The molecule has 0 aliphatic carbocycles. The summed E-state index contributed by atoms with van der Waals surface area (Å²) >= 11 is 5.05. The third kappa shape index (κ3) is 4.17. The molecule has 0 aromatic heterocycles. The van der Waals surface area contributed by atoms with Crippen molar-refractivity contribution in [1.29, 1.82) is 0 Å². The summed E-state index contributed by atoms with van der Waals surface area (Å²) < 4.78 is 13.0. The maximum Gasteiger partial charge on any atom is 0.251 e. The third-order valence-corrected chi connectivity index (χ3v) is 3.57. The topological polar surface area (TPSA) is 66.2 Å². The molecule has 2 N–H and O–H groups in total. The Balaban J connectivity index is 2.18. The van der Waals surface area contributed by atoms with Gasteiger partial charge < -0.3 is 10.2 Å². The van der Waals surface area contributed by atoms with Gasteiger partial charge in [0.15, 0.2) is 11.0 Å². The summed E-state index contributed by atoms with van der Waals surface area (Å²) in [4.78, 5) is 31.1. The second-order valence-electron chi connectivity index (χ2n) is 5.43. The van der Waals surface area contributed by atoms with Gasteiger partial charge in [0, 0.05) is 6.21 Å². The number of quaternary nitrogens is 1. The Morgan fingerprint density at radius 3 is 2.61 bits per heavy atom. The van der Waals surface area contributed by atoms with E-state index in [9.17, 15) is 14.0 Å². The zero-order valence-corrected chi connectivity index (χ0v) is 13.7. The predicted molar refractivity (Wildman–Crippen MR) is 89.2 cm³/mol. The second-order valence-corrected chi connectivity index (χ2v) is 5.82. The van der Waals surface area contributed by atoms with Crippen LogP contribution in [0, 0.1) is 11.7 Å². The molecule has 2 rings (SSSR count). The summed E-state index contributed by atoms with van der Waals surface area (Å²) in [5, 5.41) is 2.46. The van der Waals surface area contributed by atoms with Gasteiger partial charge in [-0.05, 0) is 36.5 Å². The van der Waals surface area contributed by atoms with Crippen molar-refractivity contribution in [3.05, 3.63) is 30.1 Å². The lowest BCUT2D eigenvalue weighted by Crippen LogP contribution is -3.06. The molecule has 2 amide bonds. The highest BCUT2D eigenvalue weighted by Crippen LogP contribution is 2.20. The van der Waals surface area contributed by atoms with Crippen LogP contribution in [0.25, 0.3) is 0 Å². The molecule has 1 aliphatic rings.